The van der Waals surface area contributed by atoms with E-state index in [9.17, 15) is 9.90 Å². The summed E-state index contributed by atoms with van der Waals surface area (Å²) >= 11 is 0. The molecule has 1 atom stereocenters. The highest BCUT2D eigenvalue weighted by molar-refractivity contribution is 5.95. The molecule has 3 rings (SSSR count). The maximum absolute atomic E-state index is 12.5. The van der Waals surface area contributed by atoms with Crippen LogP contribution in [0.2, 0.25) is 0 Å². The van der Waals surface area contributed by atoms with Gasteiger partial charge in [-0.25, -0.2) is 0 Å². The fourth-order valence-corrected chi connectivity index (χ4v) is 3.01. The molecule has 1 aliphatic rings. The number of allylic oxidation sites excluding steroid dienone is 1. The predicted octanol–water partition coefficient (Wildman–Crippen LogP) is 4.07. The topological polar surface area (TPSA) is 62.2 Å². The molecule has 1 aromatic heterocycles. The van der Waals surface area contributed by atoms with Crippen molar-refractivity contribution in [2.75, 3.05) is 0 Å². The molecule has 1 heterocycles. The van der Waals surface area contributed by atoms with Gasteiger partial charge in [-0.2, -0.15) is 0 Å². The molecule has 4 heteroatoms. The van der Waals surface area contributed by atoms with E-state index in [0.29, 0.717) is 5.56 Å². The fourth-order valence-electron chi connectivity index (χ4n) is 3.01. The summed E-state index contributed by atoms with van der Waals surface area (Å²) in [5, 5.41) is 12.4. The van der Waals surface area contributed by atoms with E-state index in [1.807, 2.05) is 25.1 Å². The molecule has 0 fully saturated rings. The molecule has 0 spiro atoms. The molecule has 0 radical (unpaired) electrons. The Labute approximate surface area is 142 Å². The number of hydrogen-bond donors (Lipinski definition) is 2. The van der Waals surface area contributed by atoms with Crippen LogP contribution in [0, 0.1) is 0 Å². The molecule has 1 aromatic carbocycles. The number of amides is 1. The van der Waals surface area contributed by atoms with E-state index >= 15 is 0 Å². The highest BCUT2D eigenvalue weighted by atomic mass is 16.3. The van der Waals surface area contributed by atoms with Crippen molar-refractivity contribution in [1.29, 1.82) is 0 Å². The van der Waals surface area contributed by atoms with Crippen molar-refractivity contribution in [3.05, 3.63) is 59.8 Å². The minimum atomic E-state index is -0.0744. The van der Waals surface area contributed by atoms with Gasteiger partial charge in [-0.05, 0) is 56.9 Å². The lowest BCUT2D eigenvalue weighted by Gasteiger charge is -2.21. The number of aromatic nitrogens is 1. The molecule has 2 aromatic rings. The van der Waals surface area contributed by atoms with Crippen molar-refractivity contribution in [2.45, 2.75) is 38.6 Å². The molecule has 1 aliphatic carbocycles. The standard InChI is InChI=1S/C20H22N2O2/c1-14(15-6-3-2-4-7-15)22-20(24)17-9-5-8-16(12-17)19-11-10-18(23)13-21-19/h5-6,8-14,23H,2-4,7H2,1H3,(H,22,24)/t14-/m0/s1. The van der Waals surface area contributed by atoms with Crippen LogP contribution < -0.4 is 5.32 Å². The normalized spacial score (nSPS) is 15.5. The third-order valence-electron chi connectivity index (χ3n) is 4.40. The van der Waals surface area contributed by atoms with Crippen LogP contribution in [0.25, 0.3) is 11.3 Å². The summed E-state index contributed by atoms with van der Waals surface area (Å²) < 4.78 is 0. The molecule has 4 nitrogen and oxygen atoms in total. The van der Waals surface area contributed by atoms with Gasteiger partial charge in [-0.3, -0.25) is 9.78 Å². The lowest BCUT2D eigenvalue weighted by atomic mass is 9.94. The van der Waals surface area contributed by atoms with Gasteiger partial charge in [0.05, 0.1) is 11.9 Å². The number of rotatable bonds is 4. The summed E-state index contributed by atoms with van der Waals surface area (Å²) in [6.45, 7) is 2.04. The number of pyridine rings is 1. The molecule has 124 valence electrons. The second kappa shape index (κ2) is 7.30. The SMILES string of the molecule is C[C@H](NC(=O)c1cccc(-c2ccc(O)cn2)c1)C1=CCCCC1. The van der Waals surface area contributed by atoms with E-state index in [-0.39, 0.29) is 17.7 Å². The van der Waals surface area contributed by atoms with Gasteiger partial charge in [-0.1, -0.05) is 23.8 Å². The maximum atomic E-state index is 12.5. The zero-order chi connectivity index (χ0) is 16.9. The third-order valence-corrected chi connectivity index (χ3v) is 4.40. The smallest absolute Gasteiger partial charge is 0.251 e. The molecule has 1 amide bonds. The van der Waals surface area contributed by atoms with Gasteiger partial charge in [0, 0.05) is 17.2 Å². The van der Waals surface area contributed by atoms with Crippen molar-refractivity contribution < 1.29 is 9.90 Å². The van der Waals surface area contributed by atoms with E-state index in [2.05, 4.69) is 16.4 Å². The average Bonchev–Trinajstić information content (AvgIpc) is 2.63. The van der Waals surface area contributed by atoms with E-state index in [4.69, 9.17) is 0 Å². The molecule has 0 saturated heterocycles. The Morgan fingerprint density at radius 2 is 2.12 bits per heavy atom. The molecule has 0 bridgehead atoms. The van der Waals surface area contributed by atoms with E-state index < -0.39 is 0 Å². The second-order valence-corrected chi connectivity index (χ2v) is 6.20. The van der Waals surface area contributed by atoms with Crippen LogP contribution in [0.1, 0.15) is 43.0 Å². The Morgan fingerprint density at radius 3 is 2.83 bits per heavy atom. The number of benzene rings is 1. The van der Waals surface area contributed by atoms with Crippen molar-refractivity contribution >= 4 is 5.91 Å². The molecular formula is C20H22N2O2. The number of nitrogens with one attached hydrogen (secondary N) is 1. The van der Waals surface area contributed by atoms with Crippen LogP contribution >= 0.6 is 0 Å². The zero-order valence-electron chi connectivity index (χ0n) is 13.8. The number of carbonyl (C=O) groups excluding carboxylic acids is 1. The van der Waals surface area contributed by atoms with Crippen LogP contribution in [0.5, 0.6) is 5.75 Å². The summed E-state index contributed by atoms with van der Waals surface area (Å²) in [6.07, 6.45) is 8.28. The lowest BCUT2D eigenvalue weighted by Crippen LogP contribution is -2.34. The molecule has 2 N–H and O–H groups in total. The summed E-state index contributed by atoms with van der Waals surface area (Å²) in [6, 6.07) is 10.8. The highest BCUT2D eigenvalue weighted by Crippen LogP contribution is 2.22. The van der Waals surface area contributed by atoms with Crippen LogP contribution in [-0.2, 0) is 0 Å². The molecule has 0 saturated carbocycles. The second-order valence-electron chi connectivity index (χ2n) is 6.20. The summed E-state index contributed by atoms with van der Waals surface area (Å²) in [4.78, 5) is 16.7. The van der Waals surface area contributed by atoms with Gasteiger partial charge in [-0.15, -0.1) is 0 Å². The van der Waals surface area contributed by atoms with E-state index in [1.165, 1.54) is 24.6 Å². The molecule has 0 aliphatic heterocycles. The minimum Gasteiger partial charge on any atom is -0.506 e. The maximum Gasteiger partial charge on any atom is 0.251 e. The van der Waals surface area contributed by atoms with Gasteiger partial charge in [0.15, 0.2) is 0 Å². The Morgan fingerprint density at radius 1 is 1.25 bits per heavy atom. The summed E-state index contributed by atoms with van der Waals surface area (Å²) in [7, 11) is 0. The number of hydrogen-bond acceptors (Lipinski definition) is 3. The highest BCUT2D eigenvalue weighted by Gasteiger charge is 2.15. The third kappa shape index (κ3) is 3.82. The van der Waals surface area contributed by atoms with E-state index in [0.717, 1.165) is 24.1 Å². The average molecular weight is 322 g/mol. The van der Waals surface area contributed by atoms with Crippen molar-refractivity contribution in [3.63, 3.8) is 0 Å². The van der Waals surface area contributed by atoms with Crippen LogP contribution in [0.15, 0.2) is 54.2 Å². The lowest BCUT2D eigenvalue weighted by molar-refractivity contribution is 0.0944. The van der Waals surface area contributed by atoms with Gasteiger partial charge in [0.25, 0.3) is 5.91 Å². The summed E-state index contributed by atoms with van der Waals surface area (Å²) in [5.74, 6) is 0.0526. The molecule has 0 unspecified atom stereocenters. The zero-order valence-corrected chi connectivity index (χ0v) is 13.8. The van der Waals surface area contributed by atoms with Gasteiger partial charge >= 0.3 is 0 Å². The van der Waals surface area contributed by atoms with Crippen LogP contribution in [0.4, 0.5) is 0 Å². The first-order valence-electron chi connectivity index (χ1n) is 8.39. The first-order chi connectivity index (χ1) is 11.6. The van der Waals surface area contributed by atoms with Gasteiger partial charge in [0.1, 0.15) is 5.75 Å². The van der Waals surface area contributed by atoms with Crippen LogP contribution in [0.3, 0.4) is 0 Å². The Hall–Kier alpha value is -2.62. The van der Waals surface area contributed by atoms with Crippen molar-refractivity contribution in [3.8, 4) is 17.0 Å². The van der Waals surface area contributed by atoms with Crippen molar-refractivity contribution in [1.82, 2.24) is 10.3 Å². The minimum absolute atomic E-state index is 0.0632. The number of aromatic hydroxyl groups is 1. The Bertz CT molecular complexity index is 750. The number of nitrogens with zero attached hydrogens (tertiary/aromatic N) is 1. The van der Waals surface area contributed by atoms with Crippen molar-refractivity contribution in [2.24, 2.45) is 0 Å². The fraction of sp³-hybridized carbons (Fsp3) is 0.300. The Balaban J connectivity index is 1.74. The first-order valence-corrected chi connectivity index (χ1v) is 8.39. The first kappa shape index (κ1) is 16.2. The quantitative estimate of drug-likeness (QED) is 0.834. The van der Waals surface area contributed by atoms with Crippen LogP contribution in [-0.4, -0.2) is 22.0 Å². The monoisotopic (exact) mass is 322 g/mol. The Kier molecular flexibility index (Phi) is 4.94. The predicted molar refractivity (Wildman–Crippen MR) is 94.8 cm³/mol. The molecule has 24 heavy (non-hydrogen) atoms. The largest absolute Gasteiger partial charge is 0.506 e. The summed E-state index contributed by atoms with van der Waals surface area (Å²) in [5.41, 5.74) is 3.52. The van der Waals surface area contributed by atoms with E-state index in [1.54, 1.807) is 18.2 Å². The van der Waals surface area contributed by atoms with Gasteiger partial charge in [0.2, 0.25) is 0 Å². The van der Waals surface area contributed by atoms with Gasteiger partial charge < -0.3 is 10.4 Å². The number of carbonyl (C=O) groups is 1. The molecular weight excluding hydrogens is 300 g/mol.